The molecule has 1 N–H and O–H groups in total. The molecule has 3 spiro atoms. The van der Waals surface area contributed by atoms with E-state index in [1.54, 1.807) is 7.11 Å². The third-order valence-electron chi connectivity index (χ3n) is 9.30. The van der Waals surface area contributed by atoms with Gasteiger partial charge in [-0.15, -0.1) is 0 Å². The minimum atomic E-state index is -0.149. The Hall–Kier alpha value is -0.820. The molecule has 0 aromatic heterocycles. The van der Waals surface area contributed by atoms with Gasteiger partial charge in [0.1, 0.15) is 6.04 Å². The smallest absolute Gasteiger partial charge is 0.311 e. The van der Waals surface area contributed by atoms with E-state index < -0.39 is 0 Å². The molecule has 7 rings (SSSR count). The van der Waals surface area contributed by atoms with E-state index in [-0.39, 0.29) is 46.8 Å². The van der Waals surface area contributed by atoms with Crippen LogP contribution in [-0.2, 0) is 14.9 Å². The van der Waals surface area contributed by atoms with Gasteiger partial charge in [-0.25, -0.2) is 0 Å². The van der Waals surface area contributed by atoms with Gasteiger partial charge >= 0.3 is 5.97 Å². The SMILES string of the molecule is COC(=O)[C@@H]1C[C@@]23CCC[N+]4(C)CC[C@@]5(c6ccccc6N[C@@]15CC2)[C@@H]34.[I-]. The molecule has 1 aromatic carbocycles. The molecule has 146 valence electrons. The number of rotatable bonds is 1. The van der Waals surface area contributed by atoms with Crippen LogP contribution < -0.4 is 29.3 Å². The number of fused-ring (bicyclic) bond motifs is 3. The lowest BCUT2D eigenvalue weighted by Crippen LogP contribution is -3.00. The molecular formula is C22H29IN2O2. The molecule has 4 nitrogen and oxygen atoms in total. The van der Waals surface area contributed by atoms with Gasteiger partial charge in [-0.05, 0) is 43.7 Å². The Labute approximate surface area is 178 Å². The van der Waals surface area contributed by atoms with Gasteiger partial charge in [-0.2, -0.15) is 0 Å². The minimum absolute atomic E-state index is 0. The van der Waals surface area contributed by atoms with Crippen LogP contribution >= 0.6 is 0 Å². The van der Waals surface area contributed by atoms with E-state index >= 15 is 0 Å². The van der Waals surface area contributed by atoms with Gasteiger partial charge in [0, 0.05) is 17.5 Å². The fourth-order valence-corrected chi connectivity index (χ4v) is 8.79. The second kappa shape index (κ2) is 5.41. The van der Waals surface area contributed by atoms with E-state index in [1.807, 2.05) is 0 Å². The van der Waals surface area contributed by atoms with Crippen molar-refractivity contribution in [3.63, 3.8) is 0 Å². The van der Waals surface area contributed by atoms with Crippen molar-refractivity contribution in [1.29, 1.82) is 0 Å². The van der Waals surface area contributed by atoms with E-state index in [1.165, 1.54) is 54.5 Å². The highest BCUT2D eigenvalue weighted by atomic mass is 127. The number of nitrogens with one attached hydrogen (secondary N) is 1. The summed E-state index contributed by atoms with van der Waals surface area (Å²) in [7, 11) is 4.07. The van der Waals surface area contributed by atoms with Crippen LogP contribution in [0.5, 0.6) is 0 Å². The molecule has 0 amide bonds. The molecule has 2 bridgehead atoms. The topological polar surface area (TPSA) is 38.3 Å². The normalized spacial score (nSPS) is 47.9. The van der Waals surface area contributed by atoms with Crippen LogP contribution in [-0.4, -0.2) is 49.3 Å². The summed E-state index contributed by atoms with van der Waals surface area (Å²) in [6, 6.07) is 9.56. The Morgan fingerprint density at radius 3 is 2.81 bits per heavy atom. The number of piperidine rings is 1. The summed E-state index contributed by atoms with van der Waals surface area (Å²) < 4.78 is 6.58. The largest absolute Gasteiger partial charge is 1.00 e. The zero-order valence-electron chi connectivity index (χ0n) is 16.3. The van der Waals surface area contributed by atoms with Gasteiger partial charge < -0.3 is 38.5 Å². The molecule has 0 radical (unpaired) electrons. The van der Waals surface area contributed by atoms with Crippen molar-refractivity contribution in [2.75, 3.05) is 32.6 Å². The molecule has 3 aliphatic heterocycles. The molecule has 3 heterocycles. The lowest BCUT2D eigenvalue weighted by Gasteiger charge is -2.68. The summed E-state index contributed by atoms with van der Waals surface area (Å²) in [6.45, 7) is 2.55. The van der Waals surface area contributed by atoms with Crippen molar-refractivity contribution in [3.05, 3.63) is 29.8 Å². The summed E-state index contributed by atoms with van der Waals surface area (Å²) in [5.74, 6) is -0.0107. The van der Waals surface area contributed by atoms with Crippen LogP contribution in [0.2, 0.25) is 0 Å². The number of carbonyl (C=O) groups is 1. The Kier molecular flexibility index (Phi) is 3.65. The monoisotopic (exact) mass is 480 g/mol. The van der Waals surface area contributed by atoms with Crippen LogP contribution in [0.4, 0.5) is 5.69 Å². The zero-order chi connectivity index (χ0) is 17.8. The highest BCUT2D eigenvalue weighted by molar-refractivity contribution is 5.80. The minimum Gasteiger partial charge on any atom is -1.00 e. The van der Waals surface area contributed by atoms with Crippen molar-refractivity contribution in [3.8, 4) is 0 Å². The number of para-hydroxylation sites is 1. The third kappa shape index (κ3) is 1.78. The number of halogens is 1. The first kappa shape index (κ1) is 18.2. The number of benzene rings is 1. The Balaban J connectivity index is 0.00000160. The van der Waals surface area contributed by atoms with E-state index in [2.05, 4.69) is 36.6 Å². The summed E-state index contributed by atoms with van der Waals surface area (Å²) >= 11 is 0. The van der Waals surface area contributed by atoms with Crippen molar-refractivity contribution >= 4 is 11.7 Å². The molecule has 5 heteroatoms. The second-order valence-corrected chi connectivity index (χ2v) is 9.94. The predicted molar refractivity (Wildman–Crippen MR) is 99.8 cm³/mol. The first-order chi connectivity index (χ1) is 12.5. The molecule has 3 saturated carbocycles. The number of methoxy groups -OCH3 is 1. The van der Waals surface area contributed by atoms with E-state index in [0.717, 1.165) is 12.8 Å². The molecule has 1 unspecified atom stereocenters. The van der Waals surface area contributed by atoms with Crippen LogP contribution in [0.1, 0.15) is 44.1 Å². The van der Waals surface area contributed by atoms with Crippen molar-refractivity contribution in [2.24, 2.45) is 11.3 Å². The Bertz CT molecular complexity index is 830. The number of hydrogen-bond donors (Lipinski definition) is 1. The first-order valence-corrected chi connectivity index (χ1v) is 10.3. The summed E-state index contributed by atoms with van der Waals surface area (Å²) in [5.41, 5.74) is 3.02. The van der Waals surface area contributed by atoms with Crippen LogP contribution in [0.15, 0.2) is 24.3 Å². The fraction of sp³-hybridized carbons (Fsp3) is 0.682. The lowest BCUT2D eigenvalue weighted by molar-refractivity contribution is -0.939. The van der Waals surface area contributed by atoms with Gasteiger partial charge in [0.25, 0.3) is 0 Å². The number of hydrogen-bond acceptors (Lipinski definition) is 3. The number of nitrogens with zero attached hydrogens (tertiary/aromatic N) is 1. The van der Waals surface area contributed by atoms with Gasteiger partial charge in [-0.1, -0.05) is 18.2 Å². The maximum atomic E-state index is 13.0. The molecule has 3 aliphatic carbocycles. The number of esters is 1. The molecular weight excluding hydrogens is 451 g/mol. The van der Waals surface area contributed by atoms with Crippen molar-refractivity contribution in [2.45, 2.75) is 55.5 Å². The predicted octanol–water partition coefficient (Wildman–Crippen LogP) is 0.0785. The average Bonchev–Trinajstić information content (AvgIpc) is 3.15. The maximum absolute atomic E-state index is 13.0. The van der Waals surface area contributed by atoms with Gasteiger partial charge in [-0.3, -0.25) is 4.79 Å². The summed E-state index contributed by atoms with van der Waals surface area (Å²) in [5, 5.41) is 3.96. The highest BCUT2D eigenvalue weighted by Gasteiger charge is 2.83. The molecule has 1 aromatic rings. The quantitative estimate of drug-likeness (QED) is 0.352. The number of carbonyl (C=O) groups excluding carboxylic acids is 1. The maximum Gasteiger partial charge on any atom is 0.311 e. The van der Waals surface area contributed by atoms with Crippen LogP contribution in [0, 0.1) is 11.3 Å². The summed E-state index contributed by atoms with van der Waals surface area (Å²) in [6.07, 6.45) is 7.19. The molecule has 6 aliphatic rings. The summed E-state index contributed by atoms with van der Waals surface area (Å²) in [4.78, 5) is 13.0. The van der Waals surface area contributed by atoms with Gasteiger partial charge in [0.05, 0.1) is 44.1 Å². The van der Waals surface area contributed by atoms with E-state index in [4.69, 9.17) is 4.74 Å². The van der Waals surface area contributed by atoms with E-state index in [0.29, 0.717) is 11.5 Å². The standard InChI is InChI=1S/C22H29N2O2.HI/c1-24-12-5-8-20-9-10-22(16(14-20)18(25)26-2)21(11-13-24,19(20)24)15-6-3-4-7-17(15)23-22;/h3-4,6-7,16,19,23H,5,8-14H2,1-2H3;1H/q+1;/p-1/t16-,19+,20+,21+,22-,24?;/m0./s1. The Morgan fingerprint density at radius 2 is 2.00 bits per heavy atom. The lowest BCUT2D eigenvalue weighted by atomic mass is 9.38. The molecule has 6 atom stereocenters. The van der Waals surface area contributed by atoms with Crippen LogP contribution in [0.3, 0.4) is 0 Å². The number of ether oxygens (including phenoxy) is 1. The van der Waals surface area contributed by atoms with E-state index in [9.17, 15) is 4.79 Å². The zero-order valence-corrected chi connectivity index (χ0v) is 18.4. The highest BCUT2D eigenvalue weighted by Crippen LogP contribution is 2.75. The second-order valence-electron chi connectivity index (χ2n) is 9.94. The molecule has 2 saturated heterocycles. The van der Waals surface area contributed by atoms with Crippen LogP contribution in [0.25, 0.3) is 0 Å². The number of quaternary nitrogens is 1. The molecule has 5 fully saturated rings. The Morgan fingerprint density at radius 1 is 1.19 bits per heavy atom. The number of anilines is 1. The van der Waals surface area contributed by atoms with Crippen molar-refractivity contribution in [1.82, 2.24) is 0 Å². The number of likely N-dealkylation sites (N-methyl/N-ethyl adjacent to an activating group) is 1. The average molecular weight is 480 g/mol. The van der Waals surface area contributed by atoms with Crippen molar-refractivity contribution < 1.29 is 38.0 Å². The third-order valence-corrected chi connectivity index (χ3v) is 9.30. The molecule has 27 heavy (non-hydrogen) atoms. The fourth-order valence-electron chi connectivity index (χ4n) is 8.79. The van der Waals surface area contributed by atoms with Gasteiger partial charge in [0.15, 0.2) is 0 Å². The van der Waals surface area contributed by atoms with Gasteiger partial charge in [0.2, 0.25) is 0 Å². The first-order valence-electron chi connectivity index (χ1n) is 10.3.